The summed E-state index contributed by atoms with van der Waals surface area (Å²) in [5.74, 6) is -1.66. The lowest BCUT2D eigenvalue weighted by atomic mass is 10.1. The summed E-state index contributed by atoms with van der Waals surface area (Å²) in [5.41, 5.74) is 2.04. The minimum Gasteiger partial charge on any atom is -0.457 e. The first-order valence-electron chi connectivity index (χ1n) is 8.20. The van der Waals surface area contributed by atoms with Crippen LogP contribution in [0.25, 0.3) is 0 Å². The molecule has 0 bridgehead atoms. The SMILES string of the molecule is Cc1ccc(S(=O)(=O)NCCC(=O)OCC(=O)c2ccc(F)cc2)cc1C. The minimum absolute atomic E-state index is 0.116. The van der Waals surface area contributed by atoms with Gasteiger partial charge in [-0.25, -0.2) is 17.5 Å². The highest BCUT2D eigenvalue weighted by molar-refractivity contribution is 7.89. The molecule has 27 heavy (non-hydrogen) atoms. The first-order valence-corrected chi connectivity index (χ1v) is 9.68. The minimum atomic E-state index is -3.73. The van der Waals surface area contributed by atoms with Crippen LogP contribution in [0.15, 0.2) is 47.4 Å². The number of nitrogens with one attached hydrogen (secondary N) is 1. The highest BCUT2D eigenvalue weighted by atomic mass is 32.2. The van der Waals surface area contributed by atoms with Gasteiger partial charge in [-0.3, -0.25) is 9.59 Å². The van der Waals surface area contributed by atoms with Crippen molar-refractivity contribution in [1.29, 1.82) is 0 Å². The number of esters is 1. The average molecular weight is 393 g/mol. The second kappa shape index (κ2) is 8.88. The van der Waals surface area contributed by atoms with Crippen molar-refractivity contribution in [2.24, 2.45) is 0 Å². The van der Waals surface area contributed by atoms with Gasteiger partial charge in [-0.05, 0) is 61.4 Å². The maximum Gasteiger partial charge on any atom is 0.307 e. The van der Waals surface area contributed by atoms with Crippen molar-refractivity contribution in [3.63, 3.8) is 0 Å². The average Bonchev–Trinajstić information content (AvgIpc) is 2.62. The van der Waals surface area contributed by atoms with E-state index in [-0.39, 0.29) is 23.4 Å². The molecule has 0 spiro atoms. The van der Waals surface area contributed by atoms with Crippen molar-refractivity contribution < 1.29 is 27.1 Å². The molecule has 0 aliphatic rings. The van der Waals surface area contributed by atoms with E-state index >= 15 is 0 Å². The Kier molecular flexibility index (Phi) is 6.81. The number of carbonyl (C=O) groups is 2. The third-order valence-electron chi connectivity index (χ3n) is 3.94. The lowest BCUT2D eigenvalue weighted by molar-refractivity contribution is -0.142. The van der Waals surface area contributed by atoms with E-state index in [4.69, 9.17) is 4.74 Å². The van der Waals surface area contributed by atoms with Crippen LogP contribution in [-0.2, 0) is 19.6 Å². The quantitative estimate of drug-likeness (QED) is 0.550. The van der Waals surface area contributed by atoms with Crippen molar-refractivity contribution in [1.82, 2.24) is 4.72 Å². The predicted octanol–water partition coefficient (Wildman–Crippen LogP) is 2.54. The molecule has 0 amide bonds. The number of Topliss-reactive ketones (excluding diaryl/α,β-unsaturated/α-hetero) is 1. The van der Waals surface area contributed by atoms with E-state index in [1.54, 1.807) is 12.1 Å². The number of benzene rings is 2. The van der Waals surface area contributed by atoms with Crippen LogP contribution in [0, 0.1) is 19.7 Å². The first-order chi connectivity index (χ1) is 12.7. The Morgan fingerprint density at radius 1 is 1.04 bits per heavy atom. The Balaban J connectivity index is 1.80. The Morgan fingerprint density at radius 3 is 2.33 bits per heavy atom. The molecule has 2 rings (SSSR count). The molecular formula is C19H20FNO5S. The van der Waals surface area contributed by atoms with E-state index in [1.165, 1.54) is 18.2 Å². The predicted molar refractivity (Wildman–Crippen MR) is 97.4 cm³/mol. The van der Waals surface area contributed by atoms with Crippen LogP contribution in [-0.4, -0.2) is 33.3 Å². The Labute approximate surface area is 157 Å². The molecule has 0 saturated heterocycles. The van der Waals surface area contributed by atoms with Crippen molar-refractivity contribution in [2.45, 2.75) is 25.2 Å². The van der Waals surface area contributed by atoms with Crippen molar-refractivity contribution >= 4 is 21.8 Å². The zero-order chi connectivity index (χ0) is 20.0. The second-order valence-corrected chi connectivity index (χ2v) is 7.75. The molecule has 2 aromatic carbocycles. The molecule has 0 aromatic heterocycles. The largest absolute Gasteiger partial charge is 0.457 e. The molecule has 0 heterocycles. The van der Waals surface area contributed by atoms with Gasteiger partial charge in [-0.1, -0.05) is 6.07 Å². The van der Waals surface area contributed by atoms with Crippen LogP contribution in [0.1, 0.15) is 27.9 Å². The summed E-state index contributed by atoms with van der Waals surface area (Å²) in [4.78, 5) is 23.6. The molecule has 1 N–H and O–H groups in total. The summed E-state index contributed by atoms with van der Waals surface area (Å²) in [5, 5.41) is 0. The zero-order valence-electron chi connectivity index (χ0n) is 15.0. The summed E-state index contributed by atoms with van der Waals surface area (Å²) < 4.78 is 44.4. The Hall–Kier alpha value is -2.58. The first kappa shape index (κ1) is 20.7. The highest BCUT2D eigenvalue weighted by Crippen LogP contribution is 2.14. The second-order valence-electron chi connectivity index (χ2n) is 5.98. The molecular weight excluding hydrogens is 373 g/mol. The number of hydrogen-bond donors (Lipinski definition) is 1. The van der Waals surface area contributed by atoms with Crippen molar-refractivity contribution in [3.05, 3.63) is 65.0 Å². The fourth-order valence-corrected chi connectivity index (χ4v) is 3.31. The summed E-state index contributed by atoms with van der Waals surface area (Å²) in [7, 11) is -3.73. The number of hydrogen-bond acceptors (Lipinski definition) is 5. The molecule has 8 heteroatoms. The van der Waals surface area contributed by atoms with Gasteiger partial charge in [0.05, 0.1) is 11.3 Å². The number of carbonyl (C=O) groups excluding carboxylic acids is 2. The van der Waals surface area contributed by atoms with Crippen LogP contribution < -0.4 is 4.72 Å². The topological polar surface area (TPSA) is 89.5 Å². The number of ether oxygens (including phenoxy) is 1. The van der Waals surface area contributed by atoms with Crippen LogP contribution in [0.3, 0.4) is 0 Å². The molecule has 0 radical (unpaired) electrons. The van der Waals surface area contributed by atoms with E-state index in [0.717, 1.165) is 23.3 Å². The summed E-state index contributed by atoms with van der Waals surface area (Å²) >= 11 is 0. The van der Waals surface area contributed by atoms with Gasteiger partial charge in [0.2, 0.25) is 10.0 Å². The number of rotatable bonds is 8. The standard InChI is InChI=1S/C19H20FNO5S/c1-13-3-8-17(11-14(13)2)27(24,25)21-10-9-19(23)26-12-18(22)15-4-6-16(20)7-5-15/h3-8,11,21H,9-10,12H2,1-2H3. The monoisotopic (exact) mass is 393 g/mol. The molecule has 6 nitrogen and oxygen atoms in total. The molecule has 0 aliphatic heterocycles. The summed E-state index contributed by atoms with van der Waals surface area (Å²) in [6, 6.07) is 9.61. The molecule has 0 atom stereocenters. The number of aryl methyl sites for hydroxylation is 2. The van der Waals surface area contributed by atoms with Gasteiger partial charge in [0, 0.05) is 12.1 Å². The zero-order valence-corrected chi connectivity index (χ0v) is 15.8. The van der Waals surface area contributed by atoms with E-state index in [1.807, 2.05) is 13.8 Å². The number of ketones is 1. The maximum atomic E-state index is 12.8. The lowest BCUT2D eigenvalue weighted by Crippen LogP contribution is -2.27. The van der Waals surface area contributed by atoms with Crippen LogP contribution in [0.4, 0.5) is 4.39 Å². The fraction of sp³-hybridized carbons (Fsp3) is 0.263. The molecule has 0 fully saturated rings. The normalized spacial score (nSPS) is 11.2. The van der Waals surface area contributed by atoms with Crippen LogP contribution >= 0.6 is 0 Å². The van der Waals surface area contributed by atoms with Gasteiger partial charge < -0.3 is 4.74 Å². The molecule has 0 unspecified atom stereocenters. The van der Waals surface area contributed by atoms with Crippen LogP contribution in [0.2, 0.25) is 0 Å². The Morgan fingerprint density at radius 2 is 1.70 bits per heavy atom. The smallest absolute Gasteiger partial charge is 0.307 e. The van der Waals surface area contributed by atoms with Gasteiger partial charge in [0.1, 0.15) is 5.82 Å². The molecule has 144 valence electrons. The van der Waals surface area contributed by atoms with Gasteiger partial charge in [-0.2, -0.15) is 0 Å². The summed E-state index contributed by atoms with van der Waals surface area (Å²) in [6.45, 7) is 3.04. The van der Waals surface area contributed by atoms with E-state index < -0.39 is 34.2 Å². The van der Waals surface area contributed by atoms with Gasteiger partial charge in [-0.15, -0.1) is 0 Å². The highest BCUT2D eigenvalue weighted by Gasteiger charge is 2.16. The van der Waals surface area contributed by atoms with Crippen LogP contribution in [0.5, 0.6) is 0 Å². The van der Waals surface area contributed by atoms with Crippen molar-refractivity contribution in [3.8, 4) is 0 Å². The van der Waals surface area contributed by atoms with Gasteiger partial charge in [0.15, 0.2) is 12.4 Å². The number of sulfonamides is 1. The molecule has 0 saturated carbocycles. The van der Waals surface area contributed by atoms with Gasteiger partial charge in [0.25, 0.3) is 0 Å². The van der Waals surface area contributed by atoms with E-state index in [0.29, 0.717) is 0 Å². The molecule has 2 aromatic rings. The third kappa shape index (κ3) is 5.97. The van der Waals surface area contributed by atoms with Crippen molar-refractivity contribution in [2.75, 3.05) is 13.2 Å². The maximum absolute atomic E-state index is 12.8. The number of halogens is 1. The fourth-order valence-electron chi connectivity index (χ4n) is 2.19. The summed E-state index contributed by atoms with van der Waals surface area (Å²) in [6.07, 6.45) is -0.221. The lowest BCUT2D eigenvalue weighted by Gasteiger charge is -2.09. The van der Waals surface area contributed by atoms with E-state index in [9.17, 15) is 22.4 Å². The Bertz CT molecular complexity index is 939. The molecule has 0 aliphatic carbocycles. The van der Waals surface area contributed by atoms with E-state index in [2.05, 4.69) is 4.72 Å². The van der Waals surface area contributed by atoms with Gasteiger partial charge >= 0.3 is 5.97 Å². The third-order valence-corrected chi connectivity index (χ3v) is 5.40.